The average Bonchev–Trinajstić information content (AvgIpc) is 2.98. The van der Waals surface area contributed by atoms with Crippen molar-refractivity contribution in [3.8, 4) is 0 Å². The highest BCUT2D eigenvalue weighted by Crippen LogP contribution is 2.27. The number of carbonyl (C=O) groups excluding carboxylic acids is 2. The van der Waals surface area contributed by atoms with Crippen LogP contribution >= 0.6 is 23.2 Å². The Balaban J connectivity index is 1.81. The molecule has 0 fully saturated rings. The van der Waals surface area contributed by atoms with Gasteiger partial charge in [0.2, 0.25) is 11.8 Å². The number of hydrogen-bond acceptors (Lipinski definition) is 4. The molecule has 0 bridgehead atoms. The molecule has 0 aliphatic heterocycles. The fourth-order valence-electron chi connectivity index (χ4n) is 4.81. The van der Waals surface area contributed by atoms with E-state index in [0.29, 0.717) is 15.6 Å². The number of aryl methyl sites for hydroxylation is 1. The van der Waals surface area contributed by atoms with Gasteiger partial charge in [0.15, 0.2) is 0 Å². The maximum atomic E-state index is 14.5. The van der Waals surface area contributed by atoms with E-state index in [0.717, 1.165) is 15.4 Å². The van der Waals surface area contributed by atoms with E-state index in [4.69, 9.17) is 23.2 Å². The van der Waals surface area contributed by atoms with E-state index in [1.807, 2.05) is 64.1 Å². The van der Waals surface area contributed by atoms with Crippen LogP contribution in [0.4, 0.5) is 5.69 Å². The van der Waals surface area contributed by atoms with Gasteiger partial charge in [-0.1, -0.05) is 83.4 Å². The van der Waals surface area contributed by atoms with Gasteiger partial charge in [0, 0.05) is 28.5 Å². The zero-order chi connectivity index (χ0) is 32.8. The van der Waals surface area contributed by atoms with Crippen LogP contribution in [0.15, 0.2) is 108 Å². The molecule has 0 radical (unpaired) electrons. The molecule has 1 atom stereocenters. The predicted molar refractivity (Wildman–Crippen MR) is 181 cm³/mol. The molecule has 4 aromatic carbocycles. The third-order valence-electron chi connectivity index (χ3n) is 7.01. The van der Waals surface area contributed by atoms with Crippen LogP contribution in [0.3, 0.4) is 0 Å². The van der Waals surface area contributed by atoms with E-state index < -0.39 is 34.1 Å². The van der Waals surface area contributed by atoms with Crippen LogP contribution in [-0.2, 0) is 32.6 Å². The molecule has 0 spiro atoms. The van der Waals surface area contributed by atoms with Gasteiger partial charge in [-0.05, 0) is 87.4 Å². The minimum Gasteiger partial charge on any atom is -0.350 e. The largest absolute Gasteiger partial charge is 0.350 e. The molecular weight excluding hydrogens is 629 g/mol. The van der Waals surface area contributed by atoms with Crippen LogP contribution in [0.2, 0.25) is 10.0 Å². The van der Waals surface area contributed by atoms with Crippen molar-refractivity contribution in [3.63, 3.8) is 0 Å². The fraction of sp³-hybridized carbons (Fsp3) is 0.257. The van der Waals surface area contributed by atoms with Crippen LogP contribution in [-0.4, -0.2) is 43.3 Å². The first-order valence-electron chi connectivity index (χ1n) is 14.5. The molecule has 236 valence electrons. The lowest BCUT2D eigenvalue weighted by Gasteiger charge is -2.35. The van der Waals surface area contributed by atoms with Crippen molar-refractivity contribution in [2.45, 2.75) is 57.1 Å². The topological polar surface area (TPSA) is 86.8 Å². The Hall–Kier alpha value is -3.85. The van der Waals surface area contributed by atoms with Gasteiger partial charge < -0.3 is 10.2 Å². The number of amides is 2. The van der Waals surface area contributed by atoms with Gasteiger partial charge in [0.05, 0.1) is 10.6 Å². The number of sulfonamides is 1. The number of hydrogen-bond donors (Lipinski definition) is 1. The number of benzene rings is 4. The van der Waals surface area contributed by atoms with Gasteiger partial charge in [-0.2, -0.15) is 0 Å². The molecule has 7 nitrogen and oxygen atoms in total. The third-order valence-corrected chi connectivity index (χ3v) is 9.29. The second kappa shape index (κ2) is 14.5. The van der Waals surface area contributed by atoms with E-state index in [9.17, 15) is 18.0 Å². The summed E-state index contributed by atoms with van der Waals surface area (Å²) in [7, 11) is -4.20. The molecule has 0 aliphatic carbocycles. The highest BCUT2D eigenvalue weighted by Gasteiger charge is 2.35. The van der Waals surface area contributed by atoms with Crippen LogP contribution in [0.25, 0.3) is 0 Å². The molecule has 0 heterocycles. The summed E-state index contributed by atoms with van der Waals surface area (Å²) in [5.74, 6) is -0.924. The third kappa shape index (κ3) is 9.33. The summed E-state index contributed by atoms with van der Waals surface area (Å²) in [6, 6.07) is 28.1. The van der Waals surface area contributed by atoms with Crippen molar-refractivity contribution in [2.75, 3.05) is 10.8 Å². The van der Waals surface area contributed by atoms with Crippen molar-refractivity contribution in [1.82, 2.24) is 10.2 Å². The highest BCUT2D eigenvalue weighted by atomic mass is 35.5. The van der Waals surface area contributed by atoms with Gasteiger partial charge in [0.1, 0.15) is 12.6 Å². The minimum atomic E-state index is -4.20. The first-order valence-corrected chi connectivity index (χ1v) is 16.7. The minimum absolute atomic E-state index is 0.0213. The van der Waals surface area contributed by atoms with Gasteiger partial charge in [0.25, 0.3) is 10.0 Å². The van der Waals surface area contributed by atoms with Crippen LogP contribution in [0.1, 0.15) is 37.5 Å². The summed E-state index contributed by atoms with van der Waals surface area (Å²) in [5, 5.41) is 3.91. The van der Waals surface area contributed by atoms with E-state index in [1.54, 1.807) is 54.6 Å². The maximum absolute atomic E-state index is 14.5. The number of nitrogens with one attached hydrogen (secondary N) is 1. The van der Waals surface area contributed by atoms with E-state index in [-0.39, 0.29) is 29.5 Å². The van der Waals surface area contributed by atoms with Crippen molar-refractivity contribution in [3.05, 3.63) is 130 Å². The molecule has 1 unspecified atom stereocenters. The van der Waals surface area contributed by atoms with E-state index in [1.165, 1.54) is 17.0 Å². The monoisotopic (exact) mass is 665 g/mol. The lowest BCUT2D eigenvalue weighted by Crippen LogP contribution is -2.56. The SMILES string of the molecule is Cc1ccc(S(=O)(=O)N(CC(=O)N(Cc2cccc(Cl)c2)C(Cc2ccccc2)C(=O)NC(C)(C)C)c2ccc(Cl)cc2)cc1. The second-order valence-electron chi connectivity index (χ2n) is 11.9. The molecule has 1 N–H and O–H groups in total. The van der Waals surface area contributed by atoms with Gasteiger partial charge in [-0.3, -0.25) is 13.9 Å². The molecule has 0 aromatic heterocycles. The number of anilines is 1. The van der Waals surface area contributed by atoms with Crippen molar-refractivity contribution >= 4 is 50.7 Å². The Morgan fingerprint density at radius 1 is 0.800 bits per heavy atom. The van der Waals surface area contributed by atoms with Crippen molar-refractivity contribution < 1.29 is 18.0 Å². The summed E-state index contributed by atoms with van der Waals surface area (Å²) < 4.78 is 29.3. The van der Waals surface area contributed by atoms with Gasteiger partial charge in [-0.25, -0.2) is 8.42 Å². The number of nitrogens with zero attached hydrogens (tertiary/aromatic N) is 2. The van der Waals surface area contributed by atoms with Gasteiger partial charge in [-0.15, -0.1) is 0 Å². The molecule has 4 aromatic rings. The predicted octanol–water partition coefficient (Wildman–Crippen LogP) is 7.05. The highest BCUT2D eigenvalue weighted by molar-refractivity contribution is 7.92. The molecule has 4 rings (SSSR count). The maximum Gasteiger partial charge on any atom is 0.264 e. The van der Waals surface area contributed by atoms with Crippen molar-refractivity contribution in [1.29, 1.82) is 0 Å². The Morgan fingerprint density at radius 2 is 1.42 bits per heavy atom. The van der Waals surface area contributed by atoms with Crippen LogP contribution < -0.4 is 9.62 Å². The summed E-state index contributed by atoms with van der Waals surface area (Å²) >= 11 is 12.4. The molecule has 45 heavy (non-hydrogen) atoms. The summed E-state index contributed by atoms with van der Waals surface area (Å²) in [6.07, 6.45) is 0.209. The molecule has 2 amide bonds. The van der Waals surface area contributed by atoms with Crippen LogP contribution in [0, 0.1) is 6.92 Å². The smallest absolute Gasteiger partial charge is 0.264 e. The lowest BCUT2D eigenvalue weighted by atomic mass is 10.0. The fourth-order valence-corrected chi connectivity index (χ4v) is 6.57. The Kier molecular flexibility index (Phi) is 11.0. The normalized spacial score (nSPS) is 12.3. The standard InChI is InChI=1S/C35H37Cl2N3O4S/c1-25-13-19-31(20-14-25)45(43,44)40(30-17-15-28(36)16-18-30)24-33(41)39(23-27-11-8-12-29(37)21-27)32(34(42)38-35(2,3)4)22-26-9-6-5-7-10-26/h5-21,32H,22-24H2,1-4H3,(H,38,42). The number of rotatable bonds is 11. The van der Waals surface area contributed by atoms with Gasteiger partial charge >= 0.3 is 0 Å². The molecule has 0 saturated heterocycles. The first-order chi connectivity index (χ1) is 21.2. The Morgan fingerprint density at radius 3 is 2.02 bits per heavy atom. The average molecular weight is 667 g/mol. The zero-order valence-corrected chi connectivity index (χ0v) is 28.0. The quantitative estimate of drug-likeness (QED) is 0.186. The van der Waals surface area contributed by atoms with E-state index in [2.05, 4.69) is 5.32 Å². The first kappa shape index (κ1) is 34.0. The number of halogens is 2. The van der Waals surface area contributed by atoms with Crippen LogP contribution in [0.5, 0.6) is 0 Å². The summed E-state index contributed by atoms with van der Waals surface area (Å²) in [4.78, 5) is 29.9. The molecule has 0 aliphatic rings. The van der Waals surface area contributed by atoms with E-state index >= 15 is 0 Å². The molecule has 0 saturated carbocycles. The lowest BCUT2D eigenvalue weighted by molar-refractivity contribution is -0.140. The number of carbonyl (C=O) groups is 2. The summed E-state index contributed by atoms with van der Waals surface area (Å²) in [6.45, 7) is 6.91. The second-order valence-corrected chi connectivity index (χ2v) is 14.6. The Bertz CT molecular complexity index is 1720. The molecule has 10 heteroatoms. The zero-order valence-electron chi connectivity index (χ0n) is 25.7. The van der Waals surface area contributed by atoms with Crippen molar-refractivity contribution in [2.24, 2.45) is 0 Å². The Labute approximate surface area is 275 Å². The summed E-state index contributed by atoms with van der Waals surface area (Å²) in [5.41, 5.74) is 2.11. The molecular formula is C35H37Cl2N3O4S.